The molecular formula is C21H20N2O7. The van der Waals surface area contributed by atoms with Gasteiger partial charge in [-0.15, -0.1) is 0 Å². The monoisotopic (exact) mass is 412 g/mol. The Hall–Kier alpha value is -4.01. The average Bonchev–Trinajstić information content (AvgIpc) is 2.76. The van der Waals surface area contributed by atoms with E-state index in [1.165, 1.54) is 12.1 Å². The van der Waals surface area contributed by atoms with Crippen molar-refractivity contribution in [3.05, 3.63) is 60.7 Å². The maximum atomic E-state index is 12.0. The summed E-state index contributed by atoms with van der Waals surface area (Å²) < 4.78 is 21.1. The van der Waals surface area contributed by atoms with E-state index >= 15 is 0 Å². The minimum Gasteiger partial charge on any atom is -0.490 e. The molecule has 0 aromatic heterocycles. The molecule has 3 rings (SSSR count). The van der Waals surface area contributed by atoms with Crippen molar-refractivity contribution in [3.8, 4) is 17.2 Å². The minimum absolute atomic E-state index is 0.245. The standard InChI is InChI=1S/C21H20N2O7/c1-2-9-27-16-6-3-14(4-7-16)20(25)30-13-19(24)23-21(26)22-15-5-8-17-18(12-15)29-11-10-28-17/h2-8,12H,1,9-11,13H2,(H2,22,23,24,26). The number of nitrogens with one attached hydrogen (secondary N) is 2. The molecule has 1 heterocycles. The van der Waals surface area contributed by atoms with Crippen LogP contribution in [0.1, 0.15) is 10.4 Å². The van der Waals surface area contributed by atoms with Gasteiger partial charge in [-0.3, -0.25) is 10.1 Å². The highest BCUT2D eigenvalue weighted by Crippen LogP contribution is 2.32. The van der Waals surface area contributed by atoms with Gasteiger partial charge in [0.2, 0.25) is 0 Å². The van der Waals surface area contributed by atoms with E-state index < -0.39 is 24.5 Å². The highest BCUT2D eigenvalue weighted by Gasteiger charge is 2.15. The Morgan fingerprint density at radius 2 is 1.77 bits per heavy atom. The molecule has 0 saturated heterocycles. The lowest BCUT2D eigenvalue weighted by Crippen LogP contribution is -2.37. The highest BCUT2D eigenvalue weighted by atomic mass is 16.6. The number of esters is 1. The molecule has 156 valence electrons. The van der Waals surface area contributed by atoms with Crippen molar-refractivity contribution >= 4 is 23.6 Å². The van der Waals surface area contributed by atoms with Crippen LogP contribution in [0.4, 0.5) is 10.5 Å². The maximum Gasteiger partial charge on any atom is 0.338 e. The summed E-state index contributed by atoms with van der Waals surface area (Å²) in [5.74, 6) is 0.174. The summed E-state index contributed by atoms with van der Waals surface area (Å²) in [6.45, 7) is 4.16. The van der Waals surface area contributed by atoms with Crippen LogP contribution in [0.2, 0.25) is 0 Å². The van der Waals surface area contributed by atoms with Gasteiger partial charge in [0.05, 0.1) is 5.56 Å². The van der Waals surface area contributed by atoms with Gasteiger partial charge >= 0.3 is 12.0 Å². The molecule has 0 saturated carbocycles. The second-order valence-corrected chi connectivity index (χ2v) is 6.06. The fourth-order valence-electron chi connectivity index (χ4n) is 2.50. The Morgan fingerprint density at radius 3 is 2.50 bits per heavy atom. The third-order valence-electron chi connectivity index (χ3n) is 3.85. The number of hydrogen-bond acceptors (Lipinski definition) is 7. The lowest BCUT2D eigenvalue weighted by molar-refractivity contribution is -0.123. The van der Waals surface area contributed by atoms with Crippen LogP contribution in [0.5, 0.6) is 17.2 Å². The Bertz CT molecular complexity index is 941. The predicted molar refractivity (Wildman–Crippen MR) is 107 cm³/mol. The first-order valence-corrected chi connectivity index (χ1v) is 9.06. The van der Waals surface area contributed by atoms with Crippen molar-refractivity contribution in [2.45, 2.75) is 0 Å². The fraction of sp³-hybridized carbons (Fsp3) is 0.190. The van der Waals surface area contributed by atoms with Crippen LogP contribution in [0.3, 0.4) is 0 Å². The number of benzene rings is 2. The van der Waals surface area contributed by atoms with Crippen molar-refractivity contribution in [2.75, 3.05) is 31.7 Å². The molecule has 0 atom stereocenters. The van der Waals surface area contributed by atoms with Crippen LogP contribution in [-0.4, -0.2) is 44.3 Å². The summed E-state index contributed by atoms with van der Waals surface area (Å²) in [5.41, 5.74) is 0.662. The molecule has 9 heteroatoms. The van der Waals surface area contributed by atoms with Crippen LogP contribution >= 0.6 is 0 Å². The van der Waals surface area contributed by atoms with E-state index in [9.17, 15) is 14.4 Å². The minimum atomic E-state index is -0.774. The summed E-state index contributed by atoms with van der Waals surface area (Å²) in [6.07, 6.45) is 1.60. The molecule has 1 aliphatic heterocycles. The van der Waals surface area contributed by atoms with Crippen LogP contribution < -0.4 is 24.8 Å². The number of imide groups is 1. The van der Waals surface area contributed by atoms with E-state index in [2.05, 4.69) is 17.2 Å². The molecule has 2 aromatic rings. The zero-order valence-electron chi connectivity index (χ0n) is 16.0. The van der Waals surface area contributed by atoms with Gasteiger partial charge in [-0.05, 0) is 36.4 Å². The molecule has 2 aromatic carbocycles. The van der Waals surface area contributed by atoms with Gasteiger partial charge < -0.3 is 24.3 Å². The first-order valence-electron chi connectivity index (χ1n) is 9.06. The molecule has 0 spiro atoms. The molecule has 30 heavy (non-hydrogen) atoms. The smallest absolute Gasteiger partial charge is 0.338 e. The average molecular weight is 412 g/mol. The lowest BCUT2D eigenvalue weighted by Gasteiger charge is -2.19. The van der Waals surface area contributed by atoms with E-state index in [4.69, 9.17) is 18.9 Å². The van der Waals surface area contributed by atoms with Crippen LogP contribution in [0, 0.1) is 0 Å². The third kappa shape index (κ3) is 5.74. The quantitative estimate of drug-likeness (QED) is 0.531. The molecule has 2 N–H and O–H groups in total. The Morgan fingerprint density at radius 1 is 1.03 bits per heavy atom. The van der Waals surface area contributed by atoms with Crippen molar-refractivity contribution < 1.29 is 33.3 Å². The summed E-state index contributed by atoms with van der Waals surface area (Å²) >= 11 is 0. The Balaban J connectivity index is 1.44. The van der Waals surface area contributed by atoms with E-state index in [0.29, 0.717) is 42.8 Å². The molecule has 9 nitrogen and oxygen atoms in total. The van der Waals surface area contributed by atoms with Gasteiger partial charge in [0.1, 0.15) is 25.6 Å². The van der Waals surface area contributed by atoms with Gasteiger partial charge in [0.15, 0.2) is 18.1 Å². The Labute approximate surface area is 172 Å². The zero-order valence-corrected chi connectivity index (χ0v) is 16.0. The number of carbonyl (C=O) groups excluding carboxylic acids is 3. The van der Waals surface area contributed by atoms with E-state index in [1.54, 1.807) is 36.4 Å². The van der Waals surface area contributed by atoms with Crippen molar-refractivity contribution in [3.63, 3.8) is 0 Å². The van der Waals surface area contributed by atoms with Crippen LogP contribution in [0.15, 0.2) is 55.1 Å². The van der Waals surface area contributed by atoms with Gasteiger partial charge in [-0.1, -0.05) is 12.7 Å². The molecule has 1 aliphatic rings. The summed E-state index contributed by atoms with van der Waals surface area (Å²) in [4.78, 5) is 35.8. The SMILES string of the molecule is C=CCOc1ccc(C(=O)OCC(=O)NC(=O)Nc2ccc3c(c2)OCCO3)cc1. The number of fused-ring (bicyclic) bond motifs is 1. The summed E-state index contributed by atoms with van der Waals surface area (Å²) in [7, 11) is 0. The van der Waals surface area contributed by atoms with E-state index in [0.717, 1.165) is 0 Å². The van der Waals surface area contributed by atoms with Gasteiger partial charge in [-0.25, -0.2) is 9.59 Å². The molecule has 3 amide bonds. The van der Waals surface area contributed by atoms with Gasteiger partial charge in [0, 0.05) is 11.8 Å². The molecule has 0 unspecified atom stereocenters. The molecule has 0 bridgehead atoms. The molecule has 0 fully saturated rings. The number of urea groups is 1. The lowest BCUT2D eigenvalue weighted by atomic mass is 10.2. The topological polar surface area (TPSA) is 112 Å². The normalized spacial score (nSPS) is 11.7. The summed E-state index contributed by atoms with van der Waals surface area (Å²) in [5, 5.41) is 4.58. The number of ether oxygens (including phenoxy) is 4. The van der Waals surface area contributed by atoms with Crippen molar-refractivity contribution in [1.82, 2.24) is 5.32 Å². The second kappa shape index (κ2) is 9.97. The van der Waals surface area contributed by atoms with Crippen LogP contribution in [-0.2, 0) is 9.53 Å². The second-order valence-electron chi connectivity index (χ2n) is 6.06. The first kappa shape index (κ1) is 20.7. The maximum absolute atomic E-state index is 12.0. The first-order chi connectivity index (χ1) is 14.5. The number of anilines is 1. The number of carbonyl (C=O) groups is 3. The van der Waals surface area contributed by atoms with E-state index in [-0.39, 0.29) is 5.56 Å². The zero-order chi connectivity index (χ0) is 21.3. The predicted octanol–water partition coefficient (Wildman–Crippen LogP) is 2.53. The highest BCUT2D eigenvalue weighted by molar-refractivity contribution is 6.02. The third-order valence-corrected chi connectivity index (χ3v) is 3.85. The molecule has 0 radical (unpaired) electrons. The Kier molecular flexibility index (Phi) is 6.88. The fourth-order valence-corrected chi connectivity index (χ4v) is 2.50. The number of hydrogen-bond donors (Lipinski definition) is 2. The van der Waals surface area contributed by atoms with Crippen molar-refractivity contribution in [2.24, 2.45) is 0 Å². The van der Waals surface area contributed by atoms with E-state index in [1.807, 2.05) is 0 Å². The number of amides is 3. The molecular weight excluding hydrogens is 392 g/mol. The molecule has 0 aliphatic carbocycles. The van der Waals surface area contributed by atoms with Crippen molar-refractivity contribution in [1.29, 1.82) is 0 Å². The summed E-state index contributed by atoms with van der Waals surface area (Å²) in [6, 6.07) is 10.3. The number of rotatable bonds is 7. The largest absolute Gasteiger partial charge is 0.490 e. The van der Waals surface area contributed by atoms with Gasteiger partial charge in [0.25, 0.3) is 5.91 Å². The van der Waals surface area contributed by atoms with Crippen LogP contribution in [0.25, 0.3) is 0 Å². The van der Waals surface area contributed by atoms with Gasteiger partial charge in [-0.2, -0.15) is 0 Å².